The molecule has 0 bridgehead atoms. The van der Waals surface area contributed by atoms with Crippen LogP contribution in [0.15, 0.2) is 0 Å². The summed E-state index contributed by atoms with van der Waals surface area (Å²) in [5, 5.41) is 4.16. The first-order valence-electron chi connectivity index (χ1n) is 4.40. The molecule has 10 heavy (non-hydrogen) atoms. The first-order chi connectivity index (χ1) is 4.85. The maximum Gasteiger partial charge on any atom is 0.0158 e. The Morgan fingerprint density at radius 2 is 2.00 bits per heavy atom. The van der Waals surface area contributed by atoms with Crippen molar-refractivity contribution in [2.45, 2.75) is 39.5 Å². The van der Waals surface area contributed by atoms with Crippen LogP contribution in [-0.4, -0.2) is 13.6 Å². The molecule has 1 nitrogen and oxygen atoms in total. The number of hydrogen-bond acceptors (Lipinski definition) is 0. The van der Waals surface area contributed by atoms with E-state index in [2.05, 4.69) is 19.2 Å². The van der Waals surface area contributed by atoms with Gasteiger partial charge in [0.25, 0.3) is 0 Å². The fourth-order valence-electron chi connectivity index (χ4n) is 1.18. The summed E-state index contributed by atoms with van der Waals surface area (Å²) in [7, 11) is 1.91. The smallest absolute Gasteiger partial charge is 0.0158 e. The Bertz CT molecular complexity index is 61.7. The summed E-state index contributed by atoms with van der Waals surface area (Å²) in [5.41, 5.74) is 0. The average Bonchev–Trinajstić information content (AvgIpc) is 1.98. The van der Waals surface area contributed by atoms with Crippen molar-refractivity contribution in [1.29, 1.82) is 0 Å². The van der Waals surface area contributed by atoms with Gasteiger partial charge < -0.3 is 0 Å². The summed E-state index contributed by atoms with van der Waals surface area (Å²) >= 11 is 0. The highest BCUT2D eigenvalue weighted by Gasteiger charge is 2.03. The predicted molar refractivity (Wildman–Crippen MR) is 46.2 cm³/mol. The van der Waals surface area contributed by atoms with Crippen molar-refractivity contribution >= 4 is 0 Å². The van der Waals surface area contributed by atoms with Crippen molar-refractivity contribution in [3.63, 3.8) is 0 Å². The highest BCUT2D eigenvalue weighted by molar-refractivity contribution is 4.58. The summed E-state index contributed by atoms with van der Waals surface area (Å²) in [6, 6.07) is 0. The molecule has 0 heterocycles. The maximum absolute atomic E-state index is 4.16. The third-order valence-electron chi connectivity index (χ3n) is 1.98. The van der Waals surface area contributed by atoms with Crippen molar-refractivity contribution in [1.82, 2.24) is 5.32 Å². The van der Waals surface area contributed by atoms with Crippen LogP contribution in [0.3, 0.4) is 0 Å². The molecule has 1 heteroatoms. The van der Waals surface area contributed by atoms with Crippen LogP contribution in [0.5, 0.6) is 0 Å². The Morgan fingerprint density at radius 1 is 1.30 bits per heavy atom. The molecule has 0 aliphatic carbocycles. The van der Waals surface area contributed by atoms with E-state index in [0.717, 1.165) is 12.5 Å². The van der Waals surface area contributed by atoms with Crippen molar-refractivity contribution in [2.24, 2.45) is 5.92 Å². The van der Waals surface area contributed by atoms with Gasteiger partial charge in [0.05, 0.1) is 0 Å². The summed E-state index contributed by atoms with van der Waals surface area (Å²) in [6.07, 6.45) is 5.34. The van der Waals surface area contributed by atoms with Crippen LogP contribution in [0.25, 0.3) is 0 Å². The molecular weight excluding hydrogens is 122 g/mol. The van der Waals surface area contributed by atoms with Crippen LogP contribution in [0.2, 0.25) is 0 Å². The van der Waals surface area contributed by atoms with Gasteiger partial charge in [0, 0.05) is 13.6 Å². The zero-order valence-electron chi connectivity index (χ0n) is 7.56. The Balaban J connectivity index is 3.21. The second-order valence-electron chi connectivity index (χ2n) is 2.92. The average molecular weight is 142 g/mol. The summed E-state index contributed by atoms with van der Waals surface area (Å²) < 4.78 is 0. The van der Waals surface area contributed by atoms with E-state index in [1.165, 1.54) is 25.7 Å². The third kappa shape index (κ3) is 4.80. The monoisotopic (exact) mass is 142 g/mol. The minimum absolute atomic E-state index is 0.852. The lowest BCUT2D eigenvalue weighted by molar-refractivity contribution is 0.431. The fraction of sp³-hybridized carbons (Fsp3) is 1.00. The van der Waals surface area contributed by atoms with Gasteiger partial charge in [-0.15, -0.1) is 0 Å². The number of nitrogens with zero attached hydrogens (tertiary/aromatic N) is 1. The van der Waals surface area contributed by atoms with Crippen molar-refractivity contribution in [3.8, 4) is 0 Å². The van der Waals surface area contributed by atoms with Crippen LogP contribution in [0, 0.1) is 5.92 Å². The normalized spacial score (nSPS) is 13.5. The first-order valence-corrected chi connectivity index (χ1v) is 4.40. The molecule has 0 saturated heterocycles. The fourth-order valence-corrected chi connectivity index (χ4v) is 1.18. The molecular formula is C9H20N. The molecule has 0 rings (SSSR count). The second kappa shape index (κ2) is 7.07. The van der Waals surface area contributed by atoms with E-state index in [4.69, 9.17) is 0 Å². The van der Waals surface area contributed by atoms with E-state index in [-0.39, 0.29) is 0 Å². The second-order valence-corrected chi connectivity index (χ2v) is 2.92. The van der Waals surface area contributed by atoms with E-state index in [1.807, 2.05) is 7.05 Å². The largest absolute Gasteiger partial charge is 0.245 e. The molecule has 0 aliphatic heterocycles. The molecule has 0 saturated carbocycles. The van der Waals surface area contributed by atoms with Crippen LogP contribution in [-0.2, 0) is 0 Å². The van der Waals surface area contributed by atoms with Crippen LogP contribution in [0.4, 0.5) is 0 Å². The highest BCUT2D eigenvalue weighted by atomic mass is 14.8. The van der Waals surface area contributed by atoms with Gasteiger partial charge in [0.1, 0.15) is 0 Å². The minimum Gasteiger partial charge on any atom is -0.245 e. The molecule has 0 N–H and O–H groups in total. The molecule has 0 aromatic heterocycles. The van der Waals surface area contributed by atoms with Gasteiger partial charge in [-0.3, -0.25) is 0 Å². The molecule has 0 fully saturated rings. The topological polar surface area (TPSA) is 14.1 Å². The SMILES string of the molecule is CCCCC(CC)C[N]C. The molecule has 1 unspecified atom stereocenters. The van der Waals surface area contributed by atoms with E-state index in [1.54, 1.807) is 0 Å². The molecule has 0 amide bonds. The summed E-state index contributed by atoms with van der Waals surface area (Å²) in [6.45, 7) is 5.57. The molecule has 0 spiro atoms. The minimum atomic E-state index is 0.852. The number of rotatable bonds is 6. The van der Waals surface area contributed by atoms with Gasteiger partial charge in [-0.2, -0.15) is 0 Å². The third-order valence-corrected chi connectivity index (χ3v) is 1.98. The predicted octanol–water partition coefficient (Wildman–Crippen LogP) is 2.44. The van der Waals surface area contributed by atoms with Gasteiger partial charge in [-0.1, -0.05) is 33.1 Å². The Labute approximate surface area is 65.2 Å². The molecule has 0 aromatic rings. The van der Waals surface area contributed by atoms with Crippen molar-refractivity contribution in [2.75, 3.05) is 13.6 Å². The zero-order chi connectivity index (χ0) is 7.82. The van der Waals surface area contributed by atoms with E-state index < -0.39 is 0 Å². The first kappa shape index (κ1) is 9.96. The Kier molecular flexibility index (Phi) is 7.04. The van der Waals surface area contributed by atoms with E-state index in [9.17, 15) is 0 Å². The van der Waals surface area contributed by atoms with Crippen molar-refractivity contribution in [3.05, 3.63) is 0 Å². The number of unbranched alkanes of at least 4 members (excludes halogenated alkanes) is 1. The van der Waals surface area contributed by atoms with Crippen LogP contribution < -0.4 is 5.32 Å². The van der Waals surface area contributed by atoms with Gasteiger partial charge in [-0.05, 0) is 12.3 Å². The van der Waals surface area contributed by atoms with Gasteiger partial charge in [0.2, 0.25) is 0 Å². The molecule has 1 radical (unpaired) electrons. The van der Waals surface area contributed by atoms with E-state index in [0.29, 0.717) is 0 Å². The lowest BCUT2D eigenvalue weighted by Crippen LogP contribution is -2.12. The van der Waals surface area contributed by atoms with Crippen LogP contribution >= 0.6 is 0 Å². The zero-order valence-corrected chi connectivity index (χ0v) is 7.56. The lowest BCUT2D eigenvalue weighted by Gasteiger charge is -2.11. The van der Waals surface area contributed by atoms with Gasteiger partial charge >= 0.3 is 0 Å². The van der Waals surface area contributed by atoms with E-state index >= 15 is 0 Å². The lowest BCUT2D eigenvalue weighted by atomic mass is 10.00. The number of hydrogen-bond donors (Lipinski definition) is 0. The summed E-state index contributed by atoms with van der Waals surface area (Å²) in [4.78, 5) is 0. The standard InChI is InChI=1S/C9H20N/c1-4-6-7-9(5-2)8-10-3/h9H,4-8H2,1-3H3. The molecule has 1 atom stereocenters. The molecule has 0 aliphatic rings. The molecule has 0 aromatic carbocycles. The quantitative estimate of drug-likeness (QED) is 0.541. The highest BCUT2D eigenvalue weighted by Crippen LogP contribution is 2.10. The maximum atomic E-state index is 4.16. The van der Waals surface area contributed by atoms with Crippen molar-refractivity contribution < 1.29 is 0 Å². The Hall–Kier alpha value is -0.0400. The van der Waals surface area contributed by atoms with Crippen LogP contribution in [0.1, 0.15) is 39.5 Å². The molecule has 61 valence electrons. The summed E-state index contributed by atoms with van der Waals surface area (Å²) in [5.74, 6) is 0.852. The Morgan fingerprint density at radius 3 is 2.40 bits per heavy atom. The van der Waals surface area contributed by atoms with Gasteiger partial charge in [0.15, 0.2) is 0 Å². The van der Waals surface area contributed by atoms with Gasteiger partial charge in [-0.25, -0.2) is 5.32 Å².